The van der Waals surface area contributed by atoms with Crippen molar-refractivity contribution in [3.05, 3.63) is 77.9 Å². The van der Waals surface area contributed by atoms with E-state index in [4.69, 9.17) is 0 Å². The van der Waals surface area contributed by atoms with E-state index in [-0.39, 0.29) is 22.9 Å². The average molecular weight is 376 g/mol. The predicted octanol–water partition coefficient (Wildman–Crippen LogP) is 4.63. The first-order chi connectivity index (χ1) is 12.8. The minimum Gasteiger partial charge on any atom is -0.324 e. The largest absolute Gasteiger partial charge is 0.418 e. The van der Waals surface area contributed by atoms with Crippen LogP contribution in [0.5, 0.6) is 0 Å². The number of alkyl halides is 3. The number of para-hydroxylation sites is 1. The number of benzene rings is 2. The minimum atomic E-state index is -4.53. The summed E-state index contributed by atoms with van der Waals surface area (Å²) in [6.45, 7) is 0. The van der Waals surface area contributed by atoms with Crippen molar-refractivity contribution in [1.82, 2.24) is 9.97 Å². The van der Waals surface area contributed by atoms with Crippen LogP contribution in [0, 0.1) is 5.82 Å². The standard InChI is InChI=1S/C18H12F4N4O/c19-12-4-3-5-13(8-12)25-16(27)11-9-23-17(24-10-11)26-15-7-2-1-6-14(15)18(20,21)22/h1-10H,(H,25,27)(H,23,24,26). The highest BCUT2D eigenvalue weighted by Crippen LogP contribution is 2.35. The Hall–Kier alpha value is -3.49. The third kappa shape index (κ3) is 4.57. The first-order valence-electron chi connectivity index (χ1n) is 7.65. The third-order valence-electron chi connectivity index (χ3n) is 3.48. The van der Waals surface area contributed by atoms with Crippen molar-refractivity contribution < 1.29 is 22.4 Å². The molecule has 0 aliphatic carbocycles. The molecule has 9 heteroatoms. The van der Waals surface area contributed by atoms with Crippen LogP contribution in [0.2, 0.25) is 0 Å². The third-order valence-corrected chi connectivity index (χ3v) is 3.48. The first-order valence-corrected chi connectivity index (χ1v) is 7.65. The molecule has 0 saturated carbocycles. The van der Waals surface area contributed by atoms with Crippen molar-refractivity contribution in [2.24, 2.45) is 0 Å². The van der Waals surface area contributed by atoms with Gasteiger partial charge in [0.05, 0.1) is 16.8 Å². The molecule has 0 radical (unpaired) electrons. The summed E-state index contributed by atoms with van der Waals surface area (Å²) in [5.74, 6) is -1.19. The molecule has 138 valence electrons. The van der Waals surface area contributed by atoms with Crippen LogP contribution >= 0.6 is 0 Å². The Kier molecular flexibility index (Phi) is 5.02. The zero-order chi connectivity index (χ0) is 19.4. The summed E-state index contributed by atoms with van der Waals surface area (Å²) in [4.78, 5) is 19.8. The molecule has 1 heterocycles. The highest BCUT2D eigenvalue weighted by molar-refractivity contribution is 6.03. The lowest BCUT2D eigenvalue weighted by atomic mass is 10.1. The summed E-state index contributed by atoms with van der Waals surface area (Å²) < 4.78 is 52.1. The number of nitrogens with one attached hydrogen (secondary N) is 2. The van der Waals surface area contributed by atoms with Gasteiger partial charge in [-0.15, -0.1) is 0 Å². The zero-order valence-corrected chi connectivity index (χ0v) is 13.6. The molecule has 0 bridgehead atoms. The van der Waals surface area contributed by atoms with Crippen LogP contribution < -0.4 is 10.6 Å². The van der Waals surface area contributed by atoms with E-state index in [1.165, 1.54) is 36.4 Å². The predicted molar refractivity (Wildman–Crippen MR) is 91.1 cm³/mol. The molecule has 3 rings (SSSR count). The maximum atomic E-state index is 13.1. The molecule has 0 spiro atoms. The SMILES string of the molecule is O=C(Nc1cccc(F)c1)c1cnc(Nc2ccccc2C(F)(F)F)nc1. The molecule has 0 aliphatic rings. The summed E-state index contributed by atoms with van der Waals surface area (Å²) in [6.07, 6.45) is -2.23. The number of rotatable bonds is 4. The lowest BCUT2D eigenvalue weighted by molar-refractivity contribution is -0.136. The van der Waals surface area contributed by atoms with Crippen LogP contribution in [0.1, 0.15) is 15.9 Å². The Labute approximate surface area is 151 Å². The number of carbonyl (C=O) groups is 1. The van der Waals surface area contributed by atoms with Gasteiger partial charge in [-0.1, -0.05) is 18.2 Å². The minimum absolute atomic E-state index is 0.0638. The molecule has 2 N–H and O–H groups in total. The van der Waals surface area contributed by atoms with Gasteiger partial charge in [0, 0.05) is 18.1 Å². The highest BCUT2D eigenvalue weighted by Gasteiger charge is 2.33. The molecule has 0 unspecified atom stereocenters. The van der Waals surface area contributed by atoms with Crippen molar-refractivity contribution in [2.75, 3.05) is 10.6 Å². The molecular weight excluding hydrogens is 364 g/mol. The van der Waals surface area contributed by atoms with E-state index in [1.807, 2.05) is 0 Å². The van der Waals surface area contributed by atoms with Gasteiger partial charge in [0.25, 0.3) is 5.91 Å². The number of hydrogen-bond donors (Lipinski definition) is 2. The summed E-state index contributed by atoms with van der Waals surface area (Å²) in [5, 5.41) is 4.95. The quantitative estimate of drug-likeness (QED) is 0.652. The van der Waals surface area contributed by atoms with Crippen molar-refractivity contribution in [1.29, 1.82) is 0 Å². The van der Waals surface area contributed by atoms with E-state index < -0.39 is 23.5 Å². The molecular formula is C18H12F4N4O. The van der Waals surface area contributed by atoms with Gasteiger partial charge in [0.1, 0.15) is 5.82 Å². The molecule has 2 aromatic carbocycles. The topological polar surface area (TPSA) is 66.9 Å². The van der Waals surface area contributed by atoms with Gasteiger partial charge in [0.15, 0.2) is 0 Å². The Balaban J connectivity index is 1.74. The second kappa shape index (κ2) is 7.40. The zero-order valence-electron chi connectivity index (χ0n) is 13.6. The van der Waals surface area contributed by atoms with E-state index >= 15 is 0 Å². The Morgan fingerprint density at radius 3 is 2.33 bits per heavy atom. The number of amides is 1. The monoisotopic (exact) mass is 376 g/mol. The van der Waals surface area contributed by atoms with Crippen LogP contribution in [0.3, 0.4) is 0 Å². The number of hydrogen-bond acceptors (Lipinski definition) is 4. The fourth-order valence-corrected chi connectivity index (χ4v) is 2.24. The van der Waals surface area contributed by atoms with Crippen molar-refractivity contribution in [2.45, 2.75) is 6.18 Å². The Bertz CT molecular complexity index is 958. The first kappa shape index (κ1) is 18.3. The van der Waals surface area contributed by atoms with E-state index in [1.54, 1.807) is 0 Å². The van der Waals surface area contributed by atoms with Crippen LogP contribution in [-0.2, 0) is 6.18 Å². The van der Waals surface area contributed by atoms with Gasteiger partial charge in [0.2, 0.25) is 5.95 Å². The number of anilines is 3. The van der Waals surface area contributed by atoms with E-state index in [0.29, 0.717) is 0 Å². The molecule has 0 aliphatic heterocycles. The van der Waals surface area contributed by atoms with Gasteiger partial charge in [-0.3, -0.25) is 4.79 Å². The van der Waals surface area contributed by atoms with Gasteiger partial charge in [-0.2, -0.15) is 13.2 Å². The lowest BCUT2D eigenvalue weighted by Gasteiger charge is -2.13. The van der Waals surface area contributed by atoms with Gasteiger partial charge >= 0.3 is 6.18 Å². The molecule has 27 heavy (non-hydrogen) atoms. The summed E-state index contributed by atoms with van der Waals surface area (Å²) >= 11 is 0. The number of nitrogens with zero attached hydrogens (tertiary/aromatic N) is 2. The molecule has 0 atom stereocenters. The maximum absolute atomic E-state index is 13.1. The molecule has 0 fully saturated rings. The van der Waals surface area contributed by atoms with Crippen LogP contribution in [0.25, 0.3) is 0 Å². The number of halogens is 4. The smallest absolute Gasteiger partial charge is 0.324 e. The van der Waals surface area contributed by atoms with Crippen molar-refractivity contribution in [3.8, 4) is 0 Å². The molecule has 3 aromatic rings. The number of aromatic nitrogens is 2. The Morgan fingerprint density at radius 1 is 0.963 bits per heavy atom. The van der Waals surface area contributed by atoms with E-state index in [2.05, 4.69) is 20.6 Å². The fourth-order valence-electron chi connectivity index (χ4n) is 2.24. The normalized spacial score (nSPS) is 11.1. The molecule has 1 amide bonds. The molecule has 5 nitrogen and oxygen atoms in total. The maximum Gasteiger partial charge on any atom is 0.418 e. The van der Waals surface area contributed by atoms with Gasteiger partial charge < -0.3 is 10.6 Å². The number of carbonyl (C=O) groups excluding carboxylic acids is 1. The van der Waals surface area contributed by atoms with Crippen LogP contribution in [0.4, 0.5) is 34.9 Å². The summed E-state index contributed by atoms with van der Waals surface area (Å²) in [5.41, 5.74) is -0.751. The second-order valence-electron chi connectivity index (χ2n) is 5.43. The van der Waals surface area contributed by atoms with Crippen molar-refractivity contribution >= 4 is 23.2 Å². The molecule has 0 saturated heterocycles. The summed E-state index contributed by atoms with van der Waals surface area (Å²) in [6, 6.07) is 10.2. The van der Waals surface area contributed by atoms with Gasteiger partial charge in [-0.25, -0.2) is 14.4 Å². The van der Waals surface area contributed by atoms with Crippen LogP contribution in [-0.4, -0.2) is 15.9 Å². The Morgan fingerprint density at radius 2 is 1.67 bits per heavy atom. The van der Waals surface area contributed by atoms with Crippen LogP contribution in [0.15, 0.2) is 60.9 Å². The van der Waals surface area contributed by atoms with Crippen molar-refractivity contribution in [3.63, 3.8) is 0 Å². The second-order valence-corrected chi connectivity index (χ2v) is 5.43. The fraction of sp³-hybridized carbons (Fsp3) is 0.0556. The summed E-state index contributed by atoms with van der Waals surface area (Å²) in [7, 11) is 0. The highest BCUT2D eigenvalue weighted by atomic mass is 19.4. The molecule has 1 aromatic heterocycles. The van der Waals surface area contributed by atoms with E-state index in [9.17, 15) is 22.4 Å². The average Bonchev–Trinajstić information content (AvgIpc) is 2.62. The lowest BCUT2D eigenvalue weighted by Crippen LogP contribution is -2.13. The van der Waals surface area contributed by atoms with Gasteiger partial charge in [-0.05, 0) is 30.3 Å². The van der Waals surface area contributed by atoms with E-state index in [0.717, 1.165) is 24.5 Å².